The summed E-state index contributed by atoms with van der Waals surface area (Å²) in [6.07, 6.45) is 1.34. The van der Waals surface area contributed by atoms with Crippen molar-refractivity contribution in [3.63, 3.8) is 0 Å². The number of nitrogens with zero attached hydrogens (tertiary/aromatic N) is 1. The first-order valence-corrected chi connectivity index (χ1v) is 12.1. The maximum Gasteiger partial charge on any atom is 0.329 e. The molecule has 11 heteroatoms. The monoisotopic (exact) mass is 586 g/mol. The summed E-state index contributed by atoms with van der Waals surface area (Å²) in [5, 5.41) is 9.63. The van der Waals surface area contributed by atoms with Crippen molar-refractivity contribution >= 4 is 57.2 Å². The van der Waals surface area contributed by atoms with Crippen LogP contribution in [0.3, 0.4) is 0 Å². The minimum atomic E-state index is -0.902. The molecule has 0 spiro atoms. The molecule has 192 valence electrons. The predicted molar refractivity (Wildman–Crippen MR) is 145 cm³/mol. The molecule has 0 aromatic heterocycles. The smallest absolute Gasteiger partial charge is 0.329 e. The highest BCUT2D eigenvalue weighted by Crippen LogP contribution is 2.36. The van der Waals surface area contributed by atoms with E-state index in [0.717, 1.165) is 11.1 Å². The first-order valence-electron chi connectivity index (χ1n) is 11.0. The van der Waals surface area contributed by atoms with E-state index in [1.807, 2.05) is 31.2 Å². The molecular weight excluding hydrogens is 564 g/mol. The molecule has 0 saturated carbocycles. The number of benzene rings is 3. The molecule has 0 aliphatic rings. The van der Waals surface area contributed by atoms with Crippen LogP contribution in [0.2, 0.25) is 5.02 Å². The van der Waals surface area contributed by atoms with Gasteiger partial charge < -0.3 is 20.1 Å². The fourth-order valence-electron chi connectivity index (χ4n) is 3.01. The summed E-state index contributed by atoms with van der Waals surface area (Å²) in [6.45, 7) is 1.92. The zero-order valence-electron chi connectivity index (χ0n) is 20.0. The van der Waals surface area contributed by atoms with Crippen LogP contribution < -0.4 is 25.5 Å². The van der Waals surface area contributed by atoms with Crippen molar-refractivity contribution in [3.8, 4) is 11.5 Å². The molecule has 0 aliphatic heterocycles. The molecule has 3 amide bonds. The summed E-state index contributed by atoms with van der Waals surface area (Å²) in [5.41, 5.74) is 5.29. The van der Waals surface area contributed by atoms with E-state index in [-0.39, 0.29) is 19.1 Å². The molecule has 3 aromatic rings. The van der Waals surface area contributed by atoms with Crippen LogP contribution in [0.4, 0.5) is 5.69 Å². The Kier molecular flexibility index (Phi) is 10.0. The van der Waals surface area contributed by atoms with Crippen molar-refractivity contribution in [2.45, 2.75) is 13.5 Å². The number of halogens is 2. The molecular formula is C26H24BrClN4O5. The molecule has 0 bridgehead atoms. The molecule has 3 rings (SSSR count). The SMILES string of the molecule is COc1cc(/C=N\NC(=O)C(=O)NCc2ccc(C)cc2)cc(Br)c1OCC(=O)Nc1ccc(Cl)cc1. The number of carbonyl (C=O) groups is 3. The number of aryl methyl sites for hydroxylation is 1. The quantitative estimate of drug-likeness (QED) is 0.197. The third kappa shape index (κ3) is 8.62. The first-order chi connectivity index (χ1) is 17.7. The van der Waals surface area contributed by atoms with Gasteiger partial charge in [0.05, 0.1) is 17.8 Å². The molecule has 37 heavy (non-hydrogen) atoms. The third-order valence-electron chi connectivity index (χ3n) is 4.89. The molecule has 0 heterocycles. The zero-order chi connectivity index (χ0) is 26.8. The molecule has 0 radical (unpaired) electrons. The Balaban J connectivity index is 1.53. The second-order valence-electron chi connectivity index (χ2n) is 7.75. The molecule has 0 saturated heterocycles. The number of hydrogen-bond acceptors (Lipinski definition) is 6. The zero-order valence-corrected chi connectivity index (χ0v) is 22.4. The lowest BCUT2D eigenvalue weighted by atomic mass is 10.1. The van der Waals surface area contributed by atoms with Gasteiger partial charge in [-0.15, -0.1) is 0 Å². The minimum absolute atomic E-state index is 0.222. The summed E-state index contributed by atoms with van der Waals surface area (Å²) >= 11 is 9.24. The second-order valence-corrected chi connectivity index (χ2v) is 9.04. The van der Waals surface area contributed by atoms with E-state index in [0.29, 0.717) is 32.2 Å². The number of ether oxygens (including phenoxy) is 2. The summed E-state index contributed by atoms with van der Waals surface area (Å²) in [6, 6.07) is 17.5. The molecule has 0 atom stereocenters. The molecule has 0 fully saturated rings. The van der Waals surface area contributed by atoms with Gasteiger partial charge in [-0.2, -0.15) is 5.10 Å². The van der Waals surface area contributed by atoms with Gasteiger partial charge in [0.2, 0.25) is 0 Å². The van der Waals surface area contributed by atoms with Crippen molar-refractivity contribution in [1.29, 1.82) is 0 Å². The van der Waals surface area contributed by atoms with E-state index < -0.39 is 11.8 Å². The van der Waals surface area contributed by atoms with Gasteiger partial charge in [0.1, 0.15) is 0 Å². The summed E-state index contributed by atoms with van der Waals surface area (Å²) in [4.78, 5) is 36.2. The maximum atomic E-state index is 12.2. The Hall–Kier alpha value is -3.89. The number of rotatable bonds is 9. The van der Waals surface area contributed by atoms with Crippen LogP contribution in [-0.2, 0) is 20.9 Å². The van der Waals surface area contributed by atoms with Gasteiger partial charge in [-0.1, -0.05) is 41.4 Å². The highest BCUT2D eigenvalue weighted by molar-refractivity contribution is 9.10. The molecule has 0 aliphatic carbocycles. The fraction of sp³-hybridized carbons (Fsp3) is 0.154. The van der Waals surface area contributed by atoms with Crippen LogP contribution in [0.15, 0.2) is 70.2 Å². The van der Waals surface area contributed by atoms with Crippen LogP contribution in [-0.4, -0.2) is 37.7 Å². The normalized spacial score (nSPS) is 10.6. The van der Waals surface area contributed by atoms with E-state index >= 15 is 0 Å². The summed E-state index contributed by atoms with van der Waals surface area (Å²) in [5.74, 6) is -1.44. The van der Waals surface area contributed by atoms with E-state index in [4.69, 9.17) is 21.1 Å². The second kappa shape index (κ2) is 13.4. The maximum absolute atomic E-state index is 12.2. The van der Waals surface area contributed by atoms with Crippen molar-refractivity contribution in [2.24, 2.45) is 5.10 Å². The van der Waals surface area contributed by atoms with Crippen molar-refractivity contribution in [1.82, 2.24) is 10.7 Å². The Labute approximate surface area is 227 Å². The van der Waals surface area contributed by atoms with Crippen LogP contribution in [0.5, 0.6) is 11.5 Å². The fourth-order valence-corrected chi connectivity index (χ4v) is 3.71. The van der Waals surface area contributed by atoms with Gasteiger partial charge in [0.15, 0.2) is 18.1 Å². The average molecular weight is 588 g/mol. The standard InChI is InChI=1S/C26H24BrClN4O5/c1-16-3-5-17(6-4-16)13-29-25(34)26(35)32-30-14-18-11-21(27)24(22(12-18)36-2)37-15-23(33)31-20-9-7-19(28)8-10-20/h3-12,14H,13,15H2,1-2H3,(H,29,34)(H,31,33)(H,32,35)/b30-14-. The van der Waals surface area contributed by atoms with E-state index in [1.54, 1.807) is 36.4 Å². The Morgan fingerprint density at radius 1 is 1.03 bits per heavy atom. The van der Waals surface area contributed by atoms with Crippen LogP contribution >= 0.6 is 27.5 Å². The lowest BCUT2D eigenvalue weighted by Crippen LogP contribution is -2.37. The van der Waals surface area contributed by atoms with E-state index in [2.05, 4.69) is 37.1 Å². The van der Waals surface area contributed by atoms with Gasteiger partial charge in [0.25, 0.3) is 5.91 Å². The van der Waals surface area contributed by atoms with Gasteiger partial charge >= 0.3 is 11.8 Å². The van der Waals surface area contributed by atoms with Gasteiger partial charge in [-0.05, 0) is 70.4 Å². The van der Waals surface area contributed by atoms with E-state index in [1.165, 1.54) is 13.3 Å². The summed E-state index contributed by atoms with van der Waals surface area (Å²) < 4.78 is 11.5. The number of carbonyl (C=O) groups excluding carboxylic acids is 3. The molecule has 9 nitrogen and oxygen atoms in total. The van der Waals surface area contributed by atoms with E-state index in [9.17, 15) is 14.4 Å². The highest BCUT2D eigenvalue weighted by atomic mass is 79.9. The Bertz CT molecular complexity index is 1300. The average Bonchev–Trinajstić information content (AvgIpc) is 2.88. The van der Waals surface area contributed by atoms with Gasteiger partial charge in [-0.3, -0.25) is 14.4 Å². The molecule has 0 unspecified atom stereocenters. The third-order valence-corrected chi connectivity index (χ3v) is 5.73. The Morgan fingerprint density at radius 3 is 2.41 bits per heavy atom. The largest absolute Gasteiger partial charge is 0.493 e. The van der Waals surface area contributed by atoms with Crippen molar-refractivity contribution < 1.29 is 23.9 Å². The number of anilines is 1. The number of hydrazone groups is 1. The van der Waals surface area contributed by atoms with Crippen molar-refractivity contribution in [2.75, 3.05) is 19.0 Å². The van der Waals surface area contributed by atoms with Gasteiger partial charge in [-0.25, -0.2) is 5.43 Å². The Morgan fingerprint density at radius 2 is 1.73 bits per heavy atom. The number of methoxy groups -OCH3 is 1. The first kappa shape index (κ1) is 27.7. The number of nitrogens with one attached hydrogen (secondary N) is 3. The summed E-state index contributed by atoms with van der Waals surface area (Å²) in [7, 11) is 1.45. The predicted octanol–water partition coefficient (Wildman–Crippen LogP) is 4.20. The number of hydrogen-bond donors (Lipinski definition) is 3. The van der Waals surface area contributed by atoms with Gasteiger partial charge in [0, 0.05) is 17.3 Å². The van der Waals surface area contributed by atoms with Crippen LogP contribution in [0.1, 0.15) is 16.7 Å². The van der Waals surface area contributed by atoms with Crippen LogP contribution in [0.25, 0.3) is 0 Å². The molecule has 3 N–H and O–H groups in total. The highest BCUT2D eigenvalue weighted by Gasteiger charge is 2.15. The van der Waals surface area contributed by atoms with Crippen LogP contribution in [0, 0.1) is 6.92 Å². The number of amides is 3. The van der Waals surface area contributed by atoms with Crippen molar-refractivity contribution in [3.05, 3.63) is 86.8 Å². The lowest BCUT2D eigenvalue weighted by molar-refractivity contribution is -0.139. The minimum Gasteiger partial charge on any atom is -0.493 e. The lowest BCUT2D eigenvalue weighted by Gasteiger charge is -2.13. The molecule has 3 aromatic carbocycles. The topological polar surface area (TPSA) is 118 Å².